The largest absolute Gasteiger partial charge is 0.435 e. The Labute approximate surface area is 153 Å². The number of benzene rings is 1. The Morgan fingerprint density at radius 3 is 2.63 bits per heavy atom. The van der Waals surface area contributed by atoms with Gasteiger partial charge in [0.1, 0.15) is 5.82 Å². The molecule has 9 heteroatoms. The van der Waals surface area contributed by atoms with Crippen molar-refractivity contribution in [1.29, 1.82) is 0 Å². The molecule has 1 N–H and O–H groups in total. The number of carbonyl (C=O) groups is 1. The zero-order valence-electron chi connectivity index (χ0n) is 14.6. The van der Waals surface area contributed by atoms with Crippen LogP contribution >= 0.6 is 0 Å². The van der Waals surface area contributed by atoms with Crippen LogP contribution in [0, 0.1) is 12.7 Å². The van der Waals surface area contributed by atoms with Gasteiger partial charge in [0.15, 0.2) is 5.69 Å². The van der Waals surface area contributed by atoms with Crippen molar-refractivity contribution in [2.24, 2.45) is 0 Å². The Balaban J connectivity index is 1.85. The fourth-order valence-electron chi connectivity index (χ4n) is 3.03. The third-order valence-corrected chi connectivity index (χ3v) is 4.46. The number of alkyl halides is 3. The summed E-state index contributed by atoms with van der Waals surface area (Å²) in [6.45, 7) is 2.14. The van der Waals surface area contributed by atoms with E-state index in [9.17, 15) is 22.4 Å². The summed E-state index contributed by atoms with van der Waals surface area (Å²) < 4.78 is 59.7. The maximum Gasteiger partial charge on any atom is 0.435 e. The molecule has 1 fully saturated rings. The molecule has 1 unspecified atom stereocenters. The normalized spacial score (nSPS) is 17.3. The van der Waals surface area contributed by atoms with Gasteiger partial charge in [-0.05, 0) is 37.5 Å². The topological polar surface area (TPSA) is 56.1 Å². The molecule has 1 saturated heterocycles. The van der Waals surface area contributed by atoms with Crippen molar-refractivity contribution in [3.63, 3.8) is 0 Å². The summed E-state index contributed by atoms with van der Waals surface area (Å²) in [7, 11) is 0. The molecular weight excluding hydrogens is 366 g/mol. The van der Waals surface area contributed by atoms with Crippen molar-refractivity contribution in [3.05, 3.63) is 52.6 Å². The first-order chi connectivity index (χ1) is 12.8. The minimum Gasteiger partial charge on any atom is -0.376 e. The predicted octanol–water partition coefficient (Wildman–Crippen LogP) is 3.31. The molecule has 0 bridgehead atoms. The van der Waals surface area contributed by atoms with Gasteiger partial charge in [-0.25, -0.2) is 4.39 Å². The van der Waals surface area contributed by atoms with E-state index in [1.807, 2.05) is 0 Å². The zero-order valence-corrected chi connectivity index (χ0v) is 14.6. The van der Waals surface area contributed by atoms with Gasteiger partial charge in [-0.1, -0.05) is 12.1 Å². The average Bonchev–Trinajstić information content (AvgIpc) is 3.23. The highest BCUT2D eigenvalue weighted by Crippen LogP contribution is 2.32. The van der Waals surface area contributed by atoms with Crippen LogP contribution in [0.5, 0.6) is 0 Å². The zero-order chi connectivity index (χ0) is 19.6. The number of hydrogen-bond acceptors (Lipinski definition) is 3. The second kappa shape index (κ2) is 7.67. The van der Waals surface area contributed by atoms with E-state index >= 15 is 0 Å². The van der Waals surface area contributed by atoms with Gasteiger partial charge >= 0.3 is 6.18 Å². The molecule has 1 amide bonds. The molecule has 0 saturated carbocycles. The van der Waals surface area contributed by atoms with Crippen molar-refractivity contribution in [2.75, 3.05) is 13.2 Å². The van der Waals surface area contributed by atoms with E-state index in [4.69, 9.17) is 4.74 Å². The highest BCUT2D eigenvalue weighted by atomic mass is 19.4. The maximum atomic E-state index is 13.4. The number of amides is 1. The number of rotatable bonds is 5. The first-order valence-corrected chi connectivity index (χ1v) is 8.54. The van der Waals surface area contributed by atoms with Crippen LogP contribution in [0.3, 0.4) is 0 Å². The van der Waals surface area contributed by atoms with Crippen molar-refractivity contribution in [3.8, 4) is 0 Å². The molecule has 0 radical (unpaired) electrons. The van der Waals surface area contributed by atoms with Crippen LogP contribution in [0.1, 0.15) is 40.2 Å². The fraction of sp³-hybridized carbons (Fsp3) is 0.444. The summed E-state index contributed by atoms with van der Waals surface area (Å²) in [6, 6.07) is 5.35. The molecule has 1 aromatic heterocycles. The third kappa shape index (κ3) is 4.47. The van der Waals surface area contributed by atoms with Crippen LogP contribution in [-0.2, 0) is 17.5 Å². The Kier molecular flexibility index (Phi) is 5.50. The summed E-state index contributed by atoms with van der Waals surface area (Å²) in [5, 5.41) is 6.12. The van der Waals surface area contributed by atoms with Crippen molar-refractivity contribution < 1.29 is 27.1 Å². The minimum absolute atomic E-state index is 0.00574. The van der Waals surface area contributed by atoms with Crippen LogP contribution in [0.2, 0.25) is 0 Å². The number of hydrogen-bond donors (Lipinski definition) is 1. The summed E-state index contributed by atoms with van der Waals surface area (Å²) in [4.78, 5) is 12.4. The molecule has 0 spiro atoms. The molecule has 0 aliphatic carbocycles. The second-order valence-corrected chi connectivity index (χ2v) is 6.44. The summed E-state index contributed by atoms with van der Waals surface area (Å²) >= 11 is 0. The smallest absolute Gasteiger partial charge is 0.376 e. The summed E-state index contributed by atoms with van der Waals surface area (Å²) in [5.74, 6) is -1.28. The lowest BCUT2D eigenvalue weighted by Gasteiger charge is -2.12. The van der Waals surface area contributed by atoms with Crippen LogP contribution in [0.25, 0.3) is 0 Å². The van der Waals surface area contributed by atoms with Crippen molar-refractivity contribution in [2.45, 2.75) is 38.6 Å². The Morgan fingerprint density at radius 1 is 1.33 bits per heavy atom. The molecule has 1 atom stereocenters. The van der Waals surface area contributed by atoms with Gasteiger partial charge in [-0.3, -0.25) is 9.48 Å². The fourth-order valence-corrected chi connectivity index (χ4v) is 3.03. The van der Waals surface area contributed by atoms with Gasteiger partial charge < -0.3 is 10.1 Å². The van der Waals surface area contributed by atoms with E-state index in [0.717, 1.165) is 17.5 Å². The minimum atomic E-state index is -4.77. The van der Waals surface area contributed by atoms with E-state index < -0.39 is 29.2 Å². The standard InChI is InChI=1S/C18H19F4N3O2/c1-11-15(17(26)23-9-14-3-2-8-27-14)16(18(20,21)22)24-25(11)10-12-4-6-13(19)7-5-12/h4-7,14H,2-3,8-10H2,1H3,(H,23,26). The van der Waals surface area contributed by atoms with Crippen LogP contribution in [0.4, 0.5) is 17.6 Å². The van der Waals surface area contributed by atoms with E-state index in [0.29, 0.717) is 12.2 Å². The van der Waals surface area contributed by atoms with Gasteiger partial charge in [-0.2, -0.15) is 18.3 Å². The highest BCUT2D eigenvalue weighted by Gasteiger charge is 2.40. The van der Waals surface area contributed by atoms with Gasteiger partial charge in [0, 0.05) is 18.8 Å². The highest BCUT2D eigenvalue weighted by molar-refractivity contribution is 5.96. The Hall–Kier alpha value is -2.42. The third-order valence-electron chi connectivity index (χ3n) is 4.46. The van der Waals surface area contributed by atoms with Crippen LogP contribution < -0.4 is 5.32 Å². The molecule has 2 heterocycles. The van der Waals surface area contributed by atoms with E-state index in [1.165, 1.54) is 31.2 Å². The number of aromatic nitrogens is 2. The van der Waals surface area contributed by atoms with Crippen molar-refractivity contribution in [1.82, 2.24) is 15.1 Å². The molecule has 2 aromatic rings. The number of ether oxygens (including phenoxy) is 1. The summed E-state index contributed by atoms with van der Waals surface area (Å²) in [5.41, 5.74) is -1.06. The van der Waals surface area contributed by atoms with Crippen LogP contribution in [-0.4, -0.2) is 34.9 Å². The molecule has 27 heavy (non-hydrogen) atoms. The predicted molar refractivity (Wildman–Crippen MR) is 88.8 cm³/mol. The lowest BCUT2D eigenvalue weighted by Crippen LogP contribution is -2.33. The molecule has 1 aromatic carbocycles. The SMILES string of the molecule is Cc1c(C(=O)NCC2CCCO2)c(C(F)(F)F)nn1Cc1ccc(F)cc1. The van der Waals surface area contributed by atoms with E-state index in [-0.39, 0.29) is 24.9 Å². The van der Waals surface area contributed by atoms with E-state index in [2.05, 4.69) is 10.4 Å². The van der Waals surface area contributed by atoms with Crippen molar-refractivity contribution >= 4 is 5.91 Å². The number of nitrogens with one attached hydrogen (secondary N) is 1. The lowest BCUT2D eigenvalue weighted by atomic mass is 10.1. The average molecular weight is 385 g/mol. The molecule has 146 valence electrons. The second-order valence-electron chi connectivity index (χ2n) is 6.44. The monoisotopic (exact) mass is 385 g/mol. The first-order valence-electron chi connectivity index (χ1n) is 8.54. The molecule has 5 nitrogen and oxygen atoms in total. The van der Waals surface area contributed by atoms with E-state index in [1.54, 1.807) is 0 Å². The number of nitrogens with zero attached hydrogens (tertiary/aromatic N) is 2. The van der Waals surface area contributed by atoms with Gasteiger partial charge in [0.25, 0.3) is 5.91 Å². The first kappa shape index (κ1) is 19.3. The summed E-state index contributed by atoms with van der Waals surface area (Å²) in [6.07, 6.45) is -3.33. The van der Waals surface area contributed by atoms with Gasteiger partial charge in [0.2, 0.25) is 0 Å². The number of halogens is 4. The molecule has 1 aliphatic rings. The maximum absolute atomic E-state index is 13.4. The molecule has 1 aliphatic heterocycles. The van der Waals surface area contributed by atoms with Crippen LogP contribution in [0.15, 0.2) is 24.3 Å². The molecular formula is C18H19F4N3O2. The Morgan fingerprint density at radius 2 is 2.04 bits per heavy atom. The Bertz CT molecular complexity index is 809. The lowest BCUT2D eigenvalue weighted by molar-refractivity contribution is -0.141. The number of carbonyl (C=O) groups excluding carboxylic acids is 1. The van der Waals surface area contributed by atoms with Gasteiger partial charge in [0.05, 0.1) is 18.2 Å². The van der Waals surface area contributed by atoms with Gasteiger partial charge in [-0.15, -0.1) is 0 Å². The molecule has 3 rings (SSSR count). The quantitative estimate of drug-likeness (QED) is 0.804.